The second kappa shape index (κ2) is 10.4. The number of carbonyl (C=O) groups excluding carboxylic acids is 1. The average molecular weight is 423 g/mol. The highest BCUT2D eigenvalue weighted by atomic mass is 16.5. The van der Waals surface area contributed by atoms with E-state index in [1.54, 1.807) is 0 Å². The lowest BCUT2D eigenvalue weighted by Crippen LogP contribution is -2.42. The van der Waals surface area contributed by atoms with Crippen molar-refractivity contribution in [2.75, 3.05) is 32.8 Å². The van der Waals surface area contributed by atoms with E-state index in [-0.39, 0.29) is 12.5 Å². The molecule has 5 nitrogen and oxygen atoms in total. The Hall–Kier alpha value is -2.21. The molecule has 5 heteroatoms. The van der Waals surface area contributed by atoms with Gasteiger partial charge in [0, 0.05) is 45.0 Å². The number of benzene rings is 2. The van der Waals surface area contributed by atoms with Crippen LogP contribution in [0.25, 0.3) is 0 Å². The van der Waals surface area contributed by atoms with Crippen LogP contribution in [0.2, 0.25) is 0 Å². The minimum absolute atomic E-state index is 0.102. The topological polar surface area (TPSA) is 61.8 Å². The van der Waals surface area contributed by atoms with Gasteiger partial charge in [-0.05, 0) is 66.8 Å². The number of nitrogens with zero attached hydrogens (tertiary/aromatic N) is 1. The minimum atomic E-state index is -0.583. The highest BCUT2D eigenvalue weighted by Gasteiger charge is 2.20. The van der Waals surface area contributed by atoms with Gasteiger partial charge in [0.2, 0.25) is 0 Å². The molecule has 2 aromatic carbocycles. The van der Waals surface area contributed by atoms with Crippen molar-refractivity contribution in [3.63, 3.8) is 0 Å². The molecule has 0 aliphatic carbocycles. The quantitative estimate of drug-likeness (QED) is 0.720. The molecule has 1 saturated heterocycles. The van der Waals surface area contributed by atoms with Crippen molar-refractivity contribution < 1.29 is 14.6 Å². The fourth-order valence-electron chi connectivity index (χ4n) is 4.79. The van der Waals surface area contributed by atoms with E-state index in [1.807, 2.05) is 19.1 Å². The summed E-state index contributed by atoms with van der Waals surface area (Å²) in [7, 11) is 0. The van der Waals surface area contributed by atoms with E-state index in [2.05, 4.69) is 40.5 Å². The van der Waals surface area contributed by atoms with E-state index in [0.717, 1.165) is 57.6 Å². The molecule has 0 spiro atoms. The number of aliphatic hydroxyl groups is 1. The third-order valence-corrected chi connectivity index (χ3v) is 6.72. The van der Waals surface area contributed by atoms with Gasteiger partial charge in [-0.3, -0.25) is 9.69 Å². The summed E-state index contributed by atoms with van der Waals surface area (Å²) in [6, 6.07) is 14.5. The van der Waals surface area contributed by atoms with Gasteiger partial charge in [0.25, 0.3) is 5.91 Å². The van der Waals surface area contributed by atoms with Crippen LogP contribution in [-0.2, 0) is 24.1 Å². The van der Waals surface area contributed by atoms with E-state index in [0.29, 0.717) is 18.0 Å². The first kappa shape index (κ1) is 22.0. The Morgan fingerprint density at radius 1 is 1.16 bits per heavy atom. The van der Waals surface area contributed by atoms with Crippen LogP contribution in [0, 0.1) is 12.8 Å². The third-order valence-electron chi connectivity index (χ3n) is 6.72. The standard InChI is InChI=1S/C26H34N2O3/c1-19-22(15-20-10-13-31-14-11-20)7-4-8-25(19)26(30)27-16-24(29)18-28-12-9-21-5-2-3-6-23(21)17-28/h2-8,20,24,29H,9-18H2,1H3,(H,27,30). The van der Waals surface area contributed by atoms with Crippen molar-refractivity contribution in [1.29, 1.82) is 0 Å². The van der Waals surface area contributed by atoms with Crippen molar-refractivity contribution in [2.45, 2.75) is 45.3 Å². The van der Waals surface area contributed by atoms with Crippen LogP contribution in [0.15, 0.2) is 42.5 Å². The number of β-amino-alcohol motifs (C(OH)–C–C–N with tert-alkyl or cyclic N) is 1. The van der Waals surface area contributed by atoms with Crippen molar-refractivity contribution >= 4 is 5.91 Å². The van der Waals surface area contributed by atoms with Gasteiger partial charge in [0.15, 0.2) is 0 Å². The van der Waals surface area contributed by atoms with Crippen LogP contribution in [-0.4, -0.2) is 54.9 Å². The van der Waals surface area contributed by atoms with E-state index in [9.17, 15) is 9.90 Å². The van der Waals surface area contributed by atoms with Crippen molar-refractivity contribution in [2.24, 2.45) is 5.92 Å². The molecule has 2 N–H and O–H groups in total. The predicted molar refractivity (Wildman–Crippen MR) is 122 cm³/mol. The molecule has 2 aromatic rings. The molecule has 0 saturated carbocycles. The monoisotopic (exact) mass is 422 g/mol. The minimum Gasteiger partial charge on any atom is -0.390 e. The Bertz CT molecular complexity index is 892. The summed E-state index contributed by atoms with van der Waals surface area (Å²) in [5.41, 5.74) is 5.74. The van der Waals surface area contributed by atoms with Gasteiger partial charge in [-0.15, -0.1) is 0 Å². The molecule has 2 heterocycles. The first-order valence-corrected chi connectivity index (χ1v) is 11.5. The lowest BCUT2D eigenvalue weighted by Gasteiger charge is -2.30. The number of ether oxygens (including phenoxy) is 1. The lowest BCUT2D eigenvalue weighted by atomic mass is 9.89. The van der Waals surface area contributed by atoms with Crippen LogP contribution < -0.4 is 5.32 Å². The molecule has 1 unspecified atom stereocenters. The third kappa shape index (κ3) is 5.73. The molecule has 2 aliphatic rings. The molecule has 0 radical (unpaired) electrons. The Labute approximate surface area is 185 Å². The van der Waals surface area contributed by atoms with E-state index in [1.165, 1.54) is 16.7 Å². The predicted octanol–water partition coefficient (Wildman–Crippen LogP) is 3.11. The SMILES string of the molecule is Cc1c(CC2CCOCC2)cccc1C(=O)NCC(O)CN1CCc2ccccc2C1. The van der Waals surface area contributed by atoms with Crippen molar-refractivity contribution in [1.82, 2.24) is 10.2 Å². The van der Waals surface area contributed by atoms with Gasteiger partial charge in [0.05, 0.1) is 6.10 Å². The van der Waals surface area contributed by atoms with E-state index >= 15 is 0 Å². The number of amides is 1. The summed E-state index contributed by atoms with van der Waals surface area (Å²) < 4.78 is 5.46. The first-order chi connectivity index (χ1) is 15.1. The van der Waals surface area contributed by atoms with Gasteiger partial charge in [0.1, 0.15) is 0 Å². The molecule has 1 amide bonds. The zero-order valence-corrected chi connectivity index (χ0v) is 18.5. The molecule has 4 rings (SSSR count). The number of rotatable bonds is 7. The number of carbonyl (C=O) groups is 1. The highest BCUT2D eigenvalue weighted by molar-refractivity contribution is 5.95. The summed E-state index contributed by atoms with van der Waals surface area (Å²) in [6.45, 7) is 6.34. The maximum atomic E-state index is 12.8. The van der Waals surface area contributed by atoms with Crippen LogP contribution in [0.3, 0.4) is 0 Å². The van der Waals surface area contributed by atoms with Gasteiger partial charge in [-0.1, -0.05) is 36.4 Å². The van der Waals surface area contributed by atoms with Crippen LogP contribution >= 0.6 is 0 Å². The van der Waals surface area contributed by atoms with E-state index in [4.69, 9.17) is 4.74 Å². The molecule has 31 heavy (non-hydrogen) atoms. The summed E-state index contributed by atoms with van der Waals surface area (Å²) in [4.78, 5) is 15.1. The summed E-state index contributed by atoms with van der Waals surface area (Å²) >= 11 is 0. The molecule has 0 bridgehead atoms. The summed E-state index contributed by atoms with van der Waals surface area (Å²) in [5.74, 6) is 0.525. The molecule has 166 valence electrons. The molecule has 1 fully saturated rings. The average Bonchev–Trinajstić information content (AvgIpc) is 2.79. The fraction of sp³-hybridized carbons (Fsp3) is 0.500. The number of nitrogens with one attached hydrogen (secondary N) is 1. The molecule has 1 atom stereocenters. The van der Waals surface area contributed by atoms with Crippen LogP contribution in [0.4, 0.5) is 0 Å². The molecular weight excluding hydrogens is 388 g/mol. The number of fused-ring (bicyclic) bond motifs is 1. The maximum absolute atomic E-state index is 12.8. The zero-order chi connectivity index (χ0) is 21.6. The smallest absolute Gasteiger partial charge is 0.251 e. The normalized spacial score (nSPS) is 18.4. The largest absolute Gasteiger partial charge is 0.390 e. The summed E-state index contributed by atoms with van der Waals surface area (Å²) in [6.07, 6.45) is 3.59. The van der Waals surface area contributed by atoms with Gasteiger partial charge in [-0.25, -0.2) is 0 Å². The Kier molecular flexibility index (Phi) is 7.38. The zero-order valence-electron chi connectivity index (χ0n) is 18.5. The molecule has 2 aliphatic heterocycles. The van der Waals surface area contributed by atoms with Gasteiger partial charge in [-0.2, -0.15) is 0 Å². The number of aliphatic hydroxyl groups excluding tert-OH is 1. The number of hydrogen-bond acceptors (Lipinski definition) is 4. The second-order valence-electron chi connectivity index (χ2n) is 8.97. The highest BCUT2D eigenvalue weighted by Crippen LogP contribution is 2.23. The number of hydrogen-bond donors (Lipinski definition) is 2. The second-order valence-corrected chi connectivity index (χ2v) is 8.97. The first-order valence-electron chi connectivity index (χ1n) is 11.5. The van der Waals surface area contributed by atoms with Crippen molar-refractivity contribution in [3.05, 3.63) is 70.3 Å². The van der Waals surface area contributed by atoms with Crippen LogP contribution in [0.1, 0.15) is 45.5 Å². The maximum Gasteiger partial charge on any atom is 0.251 e. The van der Waals surface area contributed by atoms with E-state index < -0.39 is 6.10 Å². The molecular formula is C26H34N2O3. The van der Waals surface area contributed by atoms with Crippen molar-refractivity contribution in [3.8, 4) is 0 Å². The fourth-order valence-corrected chi connectivity index (χ4v) is 4.79. The molecule has 0 aromatic heterocycles. The Morgan fingerprint density at radius 3 is 2.74 bits per heavy atom. The van der Waals surface area contributed by atoms with Crippen LogP contribution in [0.5, 0.6) is 0 Å². The van der Waals surface area contributed by atoms with Gasteiger partial charge < -0.3 is 15.2 Å². The lowest BCUT2D eigenvalue weighted by molar-refractivity contribution is 0.0664. The summed E-state index contributed by atoms with van der Waals surface area (Å²) in [5, 5.41) is 13.5. The van der Waals surface area contributed by atoms with Gasteiger partial charge >= 0.3 is 0 Å². The Morgan fingerprint density at radius 2 is 1.94 bits per heavy atom. The Balaban J connectivity index is 1.29.